The zero-order valence-corrected chi connectivity index (χ0v) is 15.9. The number of hydrogen-bond acceptors (Lipinski definition) is 4. The molecule has 27 heavy (non-hydrogen) atoms. The van der Waals surface area contributed by atoms with Gasteiger partial charge in [-0.05, 0) is 42.9 Å². The van der Waals surface area contributed by atoms with Crippen LogP contribution in [0.25, 0.3) is 0 Å². The zero-order valence-electron chi connectivity index (χ0n) is 15.9. The number of carbonyl (C=O) groups is 2. The first kappa shape index (κ1) is 19.1. The van der Waals surface area contributed by atoms with Gasteiger partial charge in [-0.3, -0.25) is 14.5 Å². The van der Waals surface area contributed by atoms with E-state index in [4.69, 9.17) is 0 Å². The van der Waals surface area contributed by atoms with Crippen molar-refractivity contribution in [2.45, 2.75) is 13.5 Å². The van der Waals surface area contributed by atoms with Crippen LogP contribution >= 0.6 is 0 Å². The number of amides is 2. The van der Waals surface area contributed by atoms with Crippen LogP contribution in [0, 0.1) is 0 Å². The summed E-state index contributed by atoms with van der Waals surface area (Å²) in [7, 11) is 2.15. The second-order valence-electron chi connectivity index (χ2n) is 6.99. The van der Waals surface area contributed by atoms with Crippen molar-refractivity contribution in [3.05, 3.63) is 59.7 Å². The van der Waals surface area contributed by atoms with Crippen molar-refractivity contribution in [3.8, 4) is 0 Å². The predicted octanol–water partition coefficient (Wildman–Crippen LogP) is 2.64. The van der Waals surface area contributed by atoms with E-state index in [0.29, 0.717) is 11.3 Å². The molecule has 1 saturated heterocycles. The minimum atomic E-state index is -0.200. The molecule has 0 radical (unpaired) electrons. The molecule has 0 atom stereocenters. The van der Waals surface area contributed by atoms with Crippen molar-refractivity contribution >= 4 is 23.2 Å². The smallest absolute Gasteiger partial charge is 0.255 e. The summed E-state index contributed by atoms with van der Waals surface area (Å²) in [5, 5.41) is 5.59. The molecule has 0 bridgehead atoms. The Bertz CT molecular complexity index is 796. The molecule has 1 aliphatic heterocycles. The highest BCUT2D eigenvalue weighted by Crippen LogP contribution is 2.16. The molecule has 2 N–H and O–H groups in total. The van der Waals surface area contributed by atoms with E-state index >= 15 is 0 Å². The number of anilines is 2. The third-order valence-corrected chi connectivity index (χ3v) is 4.66. The number of likely N-dealkylation sites (N-methyl/N-ethyl adjacent to an activating group) is 1. The highest BCUT2D eigenvalue weighted by Gasteiger charge is 2.14. The minimum absolute atomic E-state index is 0.163. The van der Waals surface area contributed by atoms with Crippen LogP contribution in [0.2, 0.25) is 0 Å². The fourth-order valence-corrected chi connectivity index (χ4v) is 3.10. The molecule has 1 aliphatic rings. The largest absolute Gasteiger partial charge is 0.326 e. The second-order valence-corrected chi connectivity index (χ2v) is 6.99. The van der Waals surface area contributed by atoms with Gasteiger partial charge in [0.05, 0.1) is 0 Å². The number of nitrogens with one attached hydrogen (secondary N) is 2. The fourth-order valence-electron chi connectivity index (χ4n) is 3.10. The Hall–Kier alpha value is -2.70. The first-order valence-corrected chi connectivity index (χ1v) is 9.18. The normalized spacial score (nSPS) is 15.3. The zero-order chi connectivity index (χ0) is 19.2. The van der Waals surface area contributed by atoms with Gasteiger partial charge in [-0.1, -0.05) is 18.2 Å². The van der Waals surface area contributed by atoms with Gasteiger partial charge < -0.3 is 15.5 Å². The maximum Gasteiger partial charge on any atom is 0.255 e. The summed E-state index contributed by atoms with van der Waals surface area (Å²) in [5.74, 6) is -0.363. The number of benzene rings is 2. The third kappa shape index (κ3) is 5.64. The molecule has 1 heterocycles. The van der Waals surface area contributed by atoms with E-state index in [1.165, 1.54) is 12.5 Å². The summed E-state index contributed by atoms with van der Waals surface area (Å²) in [6.07, 6.45) is 0. The SMILES string of the molecule is CC(=O)Nc1cccc(C(=O)Nc2ccc(CN3CCN(C)CC3)cc2)c1. The molecule has 0 spiro atoms. The summed E-state index contributed by atoms with van der Waals surface area (Å²) in [6, 6.07) is 14.9. The van der Waals surface area contributed by atoms with Crippen molar-refractivity contribution in [1.29, 1.82) is 0 Å². The van der Waals surface area contributed by atoms with Crippen molar-refractivity contribution < 1.29 is 9.59 Å². The molecule has 2 aromatic carbocycles. The average Bonchev–Trinajstić information content (AvgIpc) is 2.65. The first-order chi connectivity index (χ1) is 13.0. The fraction of sp³-hybridized carbons (Fsp3) is 0.333. The van der Waals surface area contributed by atoms with E-state index in [9.17, 15) is 9.59 Å². The lowest BCUT2D eigenvalue weighted by molar-refractivity contribution is -0.114. The van der Waals surface area contributed by atoms with Gasteiger partial charge in [-0.25, -0.2) is 0 Å². The Morgan fingerprint density at radius 1 is 0.926 bits per heavy atom. The van der Waals surface area contributed by atoms with Gasteiger partial charge in [0.15, 0.2) is 0 Å². The van der Waals surface area contributed by atoms with Crippen LogP contribution in [0.15, 0.2) is 48.5 Å². The lowest BCUT2D eigenvalue weighted by Gasteiger charge is -2.32. The number of rotatable bonds is 5. The van der Waals surface area contributed by atoms with Gasteiger partial charge in [0.25, 0.3) is 5.91 Å². The molecule has 2 aromatic rings. The Labute approximate surface area is 160 Å². The maximum absolute atomic E-state index is 12.4. The van der Waals surface area contributed by atoms with Crippen LogP contribution in [0.1, 0.15) is 22.8 Å². The summed E-state index contributed by atoms with van der Waals surface area (Å²) in [5.41, 5.74) is 3.11. The summed E-state index contributed by atoms with van der Waals surface area (Å²) in [6.45, 7) is 6.74. The van der Waals surface area contributed by atoms with Crippen LogP contribution < -0.4 is 10.6 Å². The molecular weight excluding hydrogens is 340 g/mol. The highest BCUT2D eigenvalue weighted by atomic mass is 16.2. The van der Waals surface area contributed by atoms with Gasteiger partial charge in [0, 0.05) is 56.6 Å². The lowest BCUT2D eigenvalue weighted by atomic mass is 10.1. The molecule has 0 saturated carbocycles. The maximum atomic E-state index is 12.4. The summed E-state index contributed by atoms with van der Waals surface area (Å²) < 4.78 is 0. The van der Waals surface area contributed by atoms with E-state index in [-0.39, 0.29) is 11.8 Å². The molecule has 142 valence electrons. The summed E-state index contributed by atoms with van der Waals surface area (Å²) >= 11 is 0. The van der Waals surface area contributed by atoms with E-state index in [1.54, 1.807) is 24.3 Å². The number of hydrogen-bond donors (Lipinski definition) is 2. The van der Waals surface area contributed by atoms with Crippen LogP contribution in [-0.2, 0) is 11.3 Å². The minimum Gasteiger partial charge on any atom is -0.326 e. The van der Waals surface area contributed by atoms with Gasteiger partial charge in [-0.15, -0.1) is 0 Å². The van der Waals surface area contributed by atoms with Gasteiger partial charge >= 0.3 is 0 Å². The monoisotopic (exact) mass is 366 g/mol. The number of carbonyl (C=O) groups excluding carboxylic acids is 2. The molecular formula is C21H26N4O2. The van der Waals surface area contributed by atoms with E-state index < -0.39 is 0 Å². The number of piperazine rings is 1. The average molecular weight is 366 g/mol. The van der Waals surface area contributed by atoms with Crippen LogP contribution in [0.5, 0.6) is 0 Å². The Morgan fingerprint density at radius 2 is 1.63 bits per heavy atom. The number of nitrogens with zero attached hydrogens (tertiary/aromatic N) is 2. The van der Waals surface area contributed by atoms with Gasteiger partial charge in [-0.2, -0.15) is 0 Å². The molecule has 0 aliphatic carbocycles. The van der Waals surface area contributed by atoms with Gasteiger partial charge in [0.2, 0.25) is 5.91 Å². The molecule has 6 nitrogen and oxygen atoms in total. The molecule has 6 heteroatoms. The molecule has 0 aromatic heterocycles. The van der Waals surface area contributed by atoms with Crippen molar-refractivity contribution in [1.82, 2.24) is 9.80 Å². The second kappa shape index (κ2) is 8.79. The van der Waals surface area contributed by atoms with E-state index in [1.807, 2.05) is 12.1 Å². The molecule has 3 rings (SSSR count). The van der Waals surface area contributed by atoms with Crippen LogP contribution in [-0.4, -0.2) is 54.8 Å². The van der Waals surface area contributed by atoms with Gasteiger partial charge in [0.1, 0.15) is 0 Å². The van der Waals surface area contributed by atoms with Crippen LogP contribution in [0.3, 0.4) is 0 Å². The van der Waals surface area contributed by atoms with Crippen LogP contribution in [0.4, 0.5) is 11.4 Å². The quantitative estimate of drug-likeness (QED) is 0.854. The standard InChI is InChI=1S/C21H26N4O2/c1-16(26)22-20-5-3-4-18(14-20)21(27)23-19-8-6-17(7-9-19)15-25-12-10-24(2)11-13-25/h3-9,14H,10-13,15H2,1-2H3,(H,22,26)(H,23,27). The van der Waals surface area contributed by atoms with Crippen molar-refractivity contribution in [2.24, 2.45) is 0 Å². The summed E-state index contributed by atoms with van der Waals surface area (Å²) in [4.78, 5) is 28.4. The Balaban J connectivity index is 1.57. The molecule has 2 amide bonds. The predicted molar refractivity (Wildman–Crippen MR) is 108 cm³/mol. The topological polar surface area (TPSA) is 64.7 Å². The van der Waals surface area contributed by atoms with Crippen molar-refractivity contribution in [2.75, 3.05) is 43.9 Å². The van der Waals surface area contributed by atoms with E-state index in [0.717, 1.165) is 38.4 Å². The molecule has 0 unspecified atom stereocenters. The highest BCUT2D eigenvalue weighted by molar-refractivity contribution is 6.05. The molecule has 1 fully saturated rings. The third-order valence-electron chi connectivity index (χ3n) is 4.66. The van der Waals surface area contributed by atoms with E-state index in [2.05, 4.69) is 39.6 Å². The van der Waals surface area contributed by atoms with Crippen molar-refractivity contribution in [3.63, 3.8) is 0 Å². The lowest BCUT2D eigenvalue weighted by Crippen LogP contribution is -2.43. The Morgan fingerprint density at radius 3 is 2.30 bits per heavy atom. The first-order valence-electron chi connectivity index (χ1n) is 9.18. The Kier molecular flexibility index (Phi) is 6.21.